The second kappa shape index (κ2) is 16.2. The van der Waals surface area contributed by atoms with Crippen LogP contribution in [0.3, 0.4) is 0 Å². The Bertz CT molecular complexity index is 3740. The Morgan fingerprint density at radius 1 is 0.357 bits per heavy atom. The first-order valence-electron chi connectivity index (χ1n) is 24.3. The molecule has 0 bridgehead atoms. The number of rotatable bonds is 6. The number of para-hydroxylation sites is 1. The standard InChI is InChI=1S/C66H46N4/c1-4-16-46(17-5-1)63-67-64(47-18-6-2-7-19-47)69-65(68-63)48-34-32-44(33-35-48)43-28-30-45(31-29-43)53-36-37-58-56(38-53)55-26-14-15-27-57(55)66(58)59-39-49-20-10-12-22-51(49)41-61(59)70(54-24-8-3-9-25-54)62-42-52-23-13-11-21-50(52)40-60(62)66/h1-42,63,65,68H,(H,67,69). The predicted octanol–water partition coefficient (Wildman–Crippen LogP) is 15.8. The summed E-state index contributed by atoms with van der Waals surface area (Å²) >= 11 is 0. The van der Waals surface area contributed by atoms with E-state index in [2.05, 4.69) is 258 Å². The van der Waals surface area contributed by atoms with E-state index in [0.717, 1.165) is 28.2 Å². The normalized spacial score (nSPS) is 16.2. The van der Waals surface area contributed by atoms with Crippen LogP contribution in [-0.4, -0.2) is 5.84 Å². The van der Waals surface area contributed by atoms with Gasteiger partial charge in [0.2, 0.25) is 0 Å². The van der Waals surface area contributed by atoms with Crippen LogP contribution in [0.1, 0.15) is 51.3 Å². The van der Waals surface area contributed by atoms with Crippen LogP contribution in [0.25, 0.3) is 54.9 Å². The fourth-order valence-corrected chi connectivity index (χ4v) is 11.6. The van der Waals surface area contributed by atoms with E-state index >= 15 is 0 Å². The molecule has 2 unspecified atom stereocenters. The molecule has 4 nitrogen and oxygen atoms in total. The minimum absolute atomic E-state index is 0.115. The number of amidine groups is 1. The van der Waals surface area contributed by atoms with Gasteiger partial charge in [0.15, 0.2) is 0 Å². The SMILES string of the molecule is c1ccc(C2=NC(c3ccccc3)NC(c3ccc(-c4ccc(-c5ccc6c(c5)-c5ccccc5C65c6cc7ccccc7cc6N(c6ccccc6)c6cc7ccccc7cc65)cc4)cc3)N2)cc1. The molecule has 0 fully saturated rings. The zero-order valence-electron chi connectivity index (χ0n) is 38.3. The van der Waals surface area contributed by atoms with Crippen LogP contribution in [0.4, 0.5) is 17.1 Å². The van der Waals surface area contributed by atoms with E-state index in [1.807, 2.05) is 12.1 Å². The van der Waals surface area contributed by atoms with E-state index < -0.39 is 5.41 Å². The number of anilines is 3. The van der Waals surface area contributed by atoms with Gasteiger partial charge in [0.25, 0.3) is 0 Å². The summed E-state index contributed by atoms with van der Waals surface area (Å²) < 4.78 is 0. The van der Waals surface area contributed by atoms with Crippen LogP contribution in [0.5, 0.6) is 0 Å². The molecule has 0 amide bonds. The summed E-state index contributed by atoms with van der Waals surface area (Å²) in [6.45, 7) is 0. The average Bonchev–Trinajstić information content (AvgIpc) is 3.73. The number of aliphatic imine (C=N–C) groups is 1. The first-order chi connectivity index (χ1) is 34.7. The van der Waals surface area contributed by atoms with E-state index in [1.165, 1.54) is 88.6 Å². The molecule has 0 saturated heterocycles. The van der Waals surface area contributed by atoms with Crippen molar-refractivity contribution in [3.8, 4) is 33.4 Å². The summed E-state index contributed by atoms with van der Waals surface area (Å²) in [5, 5.41) is 12.4. The molecule has 70 heavy (non-hydrogen) atoms. The number of nitrogens with zero attached hydrogens (tertiary/aromatic N) is 2. The zero-order valence-corrected chi connectivity index (χ0v) is 38.3. The highest BCUT2D eigenvalue weighted by molar-refractivity contribution is 6.04. The minimum atomic E-state index is -0.564. The van der Waals surface area contributed by atoms with Gasteiger partial charge in [-0.3, -0.25) is 5.32 Å². The van der Waals surface area contributed by atoms with Gasteiger partial charge in [-0.1, -0.05) is 212 Å². The quantitative estimate of drug-likeness (QED) is 0.175. The molecule has 1 aliphatic carbocycles. The Hall–Kier alpha value is -8.83. The summed E-state index contributed by atoms with van der Waals surface area (Å²) in [5.41, 5.74) is 18.9. The van der Waals surface area contributed by atoms with Crippen LogP contribution >= 0.6 is 0 Å². The number of nitrogens with one attached hydrogen (secondary N) is 2. The molecular formula is C66H46N4. The van der Waals surface area contributed by atoms with Crippen LogP contribution in [0.15, 0.2) is 260 Å². The summed E-state index contributed by atoms with van der Waals surface area (Å²) in [6, 6.07) is 93.5. The lowest BCUT2D eigenvalue weighted by atomic mass is 9.64. The van der Waals surface area contributed by atoms with Crippen LogP contribution < -0.4 is 15.5 Å². The Morgan fingerprint density at radius 3 is 1.47 bits per heavy atom. The maximum atomic E-state index is 5.09. The third kappa shape index (κ3) is 6.38. The molecule has 11 aromatic carbocycles. The third-order valence-corrected chi connectivity index (χ3v) is 14.9. The van der Waals surface area contributed by atoms with Gasteiger partial charge in [-0.2, -0.15) is 0 Å². The molecule has 3 aliphatic rings. The first kappa shape index (κ1) is 40.3. The Morgan fingerprint density at radius 2 is 0.843 bits per heavy atom. The molecule has 2 N–H and O–H groups in total. The largest absolute Gasteiger partial charge is 0.350 e. The fourth-order valence-electron chi connectivity index (χ4n) is 11.6. The highest BCUT2D eigenvalue weighted by atomic mass is 15.3. The van der Waals surface area contributed by atoms with Crippen molar-refractivity contribution in [2.24, 2.45) is 4.99 Å². The van der Waals surface area contributed by atoms with E-state index in [0.29, 0.717) is 0 Å². The van der Waals surface area contributed by atoms with Gasteiger partial charge in [0.1, 0.15) is 18.2 Å². The van der Waals surface area contributed by atoms with Gasteiger partial charge in [0.05, 0.1) is 16.8 Å². The van der Waals surface area contributed by atoms with Crippen LogP contribution in [0.2, 0.25) is 0 Å². The smallest absolute Gasteiger partial charge is 0.131 e. The molecule has 1 spiro atoms. The monoisotopic (exact) mass is 894 g/mol. The van der Waals surface area contributed by atoms with Gasteiger partial charge in [-0.05, 0) is 131 Å². The van der Waals surface area contributed by atoms with Crippen LogP contribution in [0, 0.1) is 0 Å². The molecule has 330 valence electrons. The van der Waals surface area contributed by atoms with Crippen molar-refractivity contribution < 1.29 is 0 Å². The average molecular weight is 895 g/mol. The third-order valence-electron chi connectivity index (χ3n) is 14.9. The van der Waals surface area contributed by atoms with Crippen molar-refractivity contribution >= 4 is 44.4 Å². The first-order valence-corrected chi connectivity index (χ1v) is 24.3. The molecule has 2 atom stereocenters. The van der Waals surface area contributed by atoms with Gasteiger partial charge in [0, 0.05) is 11.3 Å². The predicted molar refractivity (Wildman–Crippen MR) is 289 cm³/mol. The molecule has 4 heteroatoms. The molecule has 11 aromatic rings. The number of hydrogen-bond donors (Lipinski definition) is 2. The second-order valence-corrected chi connectivity index (χ2v) is 18.8. The lowest BCUT2D eigenvalue weighted by Crippen LogP contribution is -2.44. The van der Waals surface area contributed by atoms with E-state index in [9.17, 15) is 0 Å². The van der Waals surface area contributed by atoms with Gasteiger partial charge in [-0.15, -0.1) is 0 Å². The number of benzene rings is 11. The van der Waals surface area contributed by atoms with Crippen molar-refractivity contribution in [2.75, 3.05) is 4.90 Å². The Balaban J connectivity index is 0.848. The highest BCUT2D eigenvalue weighted by Gasteiger charge is 2.52. The maximum absolute atomic E-state index is 5.09. The van der Waals surface area contributed by atoms with Gasteiger partial charge < -0.3 is 10.2 Å². The number of hydrogen-bond acceptors (Lipinski definition) is 4. The van der Waals surface area contributed by atoms with Gasteiger partial charge in [-0.25, -0.2) is 4.99 Å². The van der Waals surface area contributed by atoms with Gasteiger partial charge >= 0.3 is 0 Å². The highest BCUT2D eigenvalue weighted by Crippen LogP contribution is 2.64. The summed E-state index contributed by atoms with van der Waals surface area (Å²) in [5.74, 6) is 0.883. The lowest BCUT2D eigenvalue weighted by Gasteiger charge is -2.45. The zero-order chi connectivity index (χ0) is 46.2. The lowest BCUT2D eigenvalue weighted by molar-refractivity contribution is 0.409. The molecule has 0 radical (unpaired) electrons. The van der Waals surface area contributed by atoms with Crippen LogP contribution in [-0.2, 0) is 5.41 Å². The van der Waals surface area contributed by atoms with Crippen molar-refractivity contribution in [1.29, 1.82) is 0 Å². The fraction of sp³-hybridized carbons (Fsp3) is 0.0455. The van der Waals surface area contributed by atoms with Crippen molar-refractivity contribution in [3.63, 3.8) is 0 Å². The second-order valence-electron chi connectivity index (χ2n) is 18.8. The molecule has 2 heterocycles. The summed E-state index contributed by atoms with van der Waals surface area (Å²) in [6.07, 6.45) is -0.288. The minimum Gasteiger partial charge on any atom is -0.350 e. The molecule has 14 rings (SSSR count). The number of fused-ring (bicyclic) bond motifs is 11. The molecular weight excluding hydrogens is 849 g/mol. The van der Waals surface area contributed by atoms with E-state index in [1.54, 1.807) is 0 Å². The molecule has 2 aliphatic heterocycles. The van der Waals surface area contributed by atoms with Crippen molar-refractivity contribution in [3.05, 3.63) is 294 Å². The maximum Gasteiger partial charge on any atom is 0.131 e. The summed E-state index contributed by atoms with van der Waals surface area (Å²) in [4.78, 5) is 7.59. The van der Waals surface area contributed by atoms with Crippen molar-refractivity contribution in [2.45, 2.75) is 17.7 Å². The summed E-state index contributed by atoms with van der Waals surface area (Å²) in [7, 11) is 0. The van der Waals surface area contributed by atoms with Crippen molar-refractivity contribution in [1.82, 2.24) is 10.6 Å². The van der Waals surface area contributed by atoms with E-state index in [4.69, 9.17) is 4.99 Å². The molecule has 0 saturated carbocycles. The topological polar surface area (TPSA) is 39.7 Å². The molecule has 0 aromatic heterocycles. The Labute approximate surface area is 407 Å². The van der Waals surface area contributed by atoms with E-state index in [-0.39, 0.29) is 12.3 Å². The Kier molecular flexibility index (Phi) is 9.29.